The Labute approximate surface area is 196 Å². The number of para-hydroxylation sites is 2. The zero-order valence-electron chi connectivity index (χ0n) is 19.0. The van der Waals surface area contributed by atoms with Crippen molar-refractivity contribution in [3.63, 3.8) is 0 Å². The summed E-state index contributed by atoms with van der Waals surface area (Å²) in [7, 11) is -1.31. The van der Waals surface area contributed by atoms with Crippen molar-refractivity contribution in [3.8, 4) is 0 Å². The largest absolute Gasteiger partial charge is 0.458 e. The Morgan fingerprint density at radius 2 is 1.85 bits per heavy atom. The van der Waals surface area contributed by atoms with Gasteiger partial charge in [0.2, 0.25) is 5.43 Å². The number of fused-ring (bicyclic) bond motifs is 2. The van der Waals surface area contributed by atoms with Gasteiger partial charge in [0, 0.05) is 31.7 Å². The number of hydrogen-bond acceptors (Lipinski definition) is 8. The standard InChI is InChI=1S/C25H24NO7P/c1-5-13-32-25(28)19-14-26-15(2)24(34(29,30-3)31-4)21(19)17-10-8-11-18-22(27)16-9-6-7-12-20(16)33-23(17)18/h5-12,14,21,26H,1,13H2,2-4H3. The summed E-state index contributed by atoms with van der Waals surface area (Å²) in [4.78, 5) is 26.3. The monoisotopic (exact) mass is 481 g/mol. The van der Waals surface area contributed by atoms with Gasteiger partial charge in [-0.15, -0.1) is 0 Å². The Bertz CT molecular complexity index is 1460. The molecule has 4 rings (SSSR count). The van der Waals surface area contributed by atoms with Crippen molar-refractivity contribution >= 4 is 35.5 Å². The van der Waals surface area contributed by atoms with Crippen molar-refractivity contribution in [1.29, 1.82) is 0 Å². The van der Waals surface area contributed by atoms with Gasteiger partial charge in [-0.05, 0) is 25.1 Å². The fourth-order valence-corrected chi connectivity index (χ4v) is 5.74. The second kappa shape index (κ2) is 9.43. The third kappa shape index (κ3) is 3.90. The average Bonchev–Trinajstić information content (AvgIpc) is 2.86. The van der Waals surface area contributed by atoms with Gasteiger partial charge < -0.3 is 23.5 Å². The summed E-state index contributed by atoms with van der Waals surface area (Å²) in [5, 5.41) is 3.95. The van der Waals surface area contributed by atoms with Gasteiger partial charge in [0.15, 0.2) is 0 Å². The van der Waals surface area contributed by atoms with Gasteiger partial charge in [0.25, 0.3) is 0 Å². The zero-order chi connectivity index (χ0) is 24.5. The molecule has 1 unspecified atom stereocenters. The number of benzene rings is 2. The molecule has 0 spiro atoms. The summed E-state index contributed by atoms with van der Waals surface area (Å²) in [6.45, 7) is 5.26. The minimum atomic E-state index is -3.85. The van der Waals surface area contributed by atoms with E-state index in [0.29, 0.717) is 27.6 Å². The Kier molecular flexibility index (Phi) is 6.57. The van der Waals surface area contributed by atoms with Crippen LogP contribution in [0.4, 0.5) is 0 Å². The second-order valence-electron chi connectivity index (χ2n) is 7.59. The molecule has 0 saturated heterocycles. The average molecular weight is 481 g/mol. The Balaban J connectivity index is 2.05. The molecule has 2 aromatic carbocycles. The molecular weight excluding hydrogens is 457 g/mol. The Morgan fingerprint density at radius 1 is 1.15 bits per heavy atom. The van der Waals surface area contributed by atoms with Crippen LogP contribution < -0.4 is 10.7 Å². The van der Waals surface area contributed by atoms with Crippen molar-refractivity contribution in [2.24, 2.45) is 0 Å². The topological polar surface area (TPSA) is 104 Å². The molecule has 1 N–H and O–H groups in total. The Hall–Kier alpha value is -3.45. The number of carbonyl (C=O) groups excluding carboxylic acids is 1. The van der Waals surface area contributed by atoms with E-state index in [1.54, 1.807) is 49.4 Å². The molecule has 0 amide bonds. The molecule has 1 aliphatic heterocycles. The molecule has 1 atom stereocenters. The van der Waals surface area contributed by atoms with Crippen LogP contribution in [0.25, 0.3) is 21.9 Å². The first kappa shape index (κ1) is 23.7. The van der Waals surface area contributed by atoms with Crippen LogP contribution in [-0.4, -0.2) is 26.8 Å². The van der Waals surface area contributed by atoms with E-state index in [4.69, 9.17) is 18.2 Å². The van der Waals surface area contributed by atoms with Gasteiger partial charge in [0.05, 0.1) is 27.6 Å². The first-order valence-electron chi connectivity index (χ1n) is 10.5. The van der Waals surface area contributed by atoms with E-state index in [0.717, 1.165) is 0 Å². The van der Waals surface area contributed by atoms with Crippen LogP contribution in [0.1, 0.15) is 18.4 Å². The van der Waals surface area contributed by atoms with E-state index < -0.39 is 19.5 Å². The van der Waals surface area contributed by atoms with Crippen LogP contribution in [0, 0.1) is 0 Å². The fraction of sp³-hybridized carbons (Fsp3) is 0.200. The number of hydrogen-bond donors (Lipinski definition) is 1. The van der Waals surface area contributed by atoms with E-state index in [2.05, 4.69) is 11.9 Å². The lowest BCUT2D eigenvalue weighted by Crippen LogP contribution is -2.26. The highest BCUT2D eigenvalue weighted by Crippen LogP contribution is 2.63. The highest BCUT2D eigenvalue weighted by atomic mass is 31.2. The van der Waals surface area contributed by atoms with Gasteiger partial charge in [-0.3, -0.25) is 9.36 Å². The lowest BCUT2D eigenvalue weighted by atomic mass is 9.87. The number of carbonyl (C=O) groups is 1. The molecule has 8 nitrogen and oxygen atoms in total. The first-order valence-corrected chi connectivity index (χ1v) is 12.0. The van der Waals surface area contributed by atoms with E-state index in [1.165, 1.54) is 26.5 Å². The summed E-state index contributed by atoms with van der Waals surface area (Å²) in [5.74, 6) is -1.58. The molecule has 2 heterocycles. The highest BCUT2D eigenvalue weighted by molar-refractivity contribution is 7.58. The zero-order valence-corrected chi connectivity index (χ0v) is 19.9. The quantitative estimate of drug-likeness (QED) is 0.219. The van der Waals surface area contributed by atoms with Crippen LogP contribution in [0.3, 0.4) is 0 Å². The summed E-state index contributed by atoms with van der Waals surface area (Å²) in [6, 6.07) is 12.0. The summed E-state index contributed by atoms with van der Waals surface area (Å²) < 4.78 is 35.8. The van der Waals surface area contributed by atoms with Crippen molar-refractivity contribution in [2.45, 2.75) is 12.8 Å². The molecule has 0 aliphatic carbocycles. The molecule has 0 fully saturated rings. The van der Waals surface area contributed by atoms with E-state index in [-0.39, 0.29) is 28.5 Å². The fourth-order valence-electron chi connectivity index (χ4n) is 4.12. The molecule has 1 aliphatic rings. The van der Waals surface area contributed by atoms with Crippen LogP contribution >= 0.6 is 7.60 Å². The third-order valence-corrected chi connectivity index (χ3v) is 7.85. The molecule has 3 aromatic rings. The maximum absolute atomic E-state index is 13.7. The number of rotatable bonds is 7. The number of esters is 1. The summed E-state index contributed by atoms with van der Waals surface area (Å²) >= 11 is 0. The van der Waals surface area contributed by atoms with Crippen molar-refractivity contribution in [3.05, 3.63) is 93.7 Å². The van der Waals surface area contributed by atoms with Crippen molar-refractivity contribution in [1.82, 2.24) is 5.32 Å². The van der Waals surface area contributed by atoms with E-state index in [1.807, 2.05) is 0 Å². The molecule has 0 saturated carbocycles. The molecule has 0 bridgehead atoms. The number of ether oxygens (including phenoxy) is 1. The molecule has 0 radical (unpaired) electrons. The molecule has 34 heavy (non-hydrogen) atoms. The maximum atomic E-state index is 13.7. The molecule has 176 valence electrons. The lowest BCUT2D eigenvalue weighted by molar-refractivity contribution is -0.138. The smallest absolute Gasteiger partial charge is 0.359 e. The minimum Gasteiger partial charge on any atom is -0.458 e. The van der Waals surface area contributed by atoms with Gasteiger partial charge >= 0.3 is 13.6 Å². The van der Waals surface area contributed by atoms with Gasteiger partial charge in [-0.1, -0.05) is 36.9 Å². The minimum absolute atomic E-state index is 0.0115. The summed E-state index contributed by atoms with van der Waals surface area (Å²) in [6.07, 6.45) is 2.94. The molecule has 1 aromatic heterocycles. The van der Waals surface area contributed by atoms with Crippen LogP contribution in [0.15, 0.2) is 87.1 Å². The Morgan fingerprint density at radius 3 is 2.56 bits per heavy atom. The second-order valence-corrected chi connectivity index (χ2v) is 9.80. The van der Waals surface area contributed by atoms with Crippen molar-refractivity contribution < 1.29 is 27.6 Å². The van der Waals surface area contributed by atoms with Crippen LogP contribution in [0.2, 0.25) is 0 Å². The van der Waals surface area contributed by atoms with Gasteiger partial charge in [-0.25, -0.2) is 4.79 Å². The normalized spacial score (nSPS) is 16.3. The maximum Gasteiger partial charge on any atom is 0.359 e. The third-order valence-electron chi connectivity index (χ3n) is 5.70. The SMILES string of the molecule is C=CCOC(=O)C1=CNC(C)=C(P(=O)(OC)OC)C1c1cccc2c(=O)c3ccccc3oc12. The van der Waals surface area contributed by atoms with E-state index in [9.17, 15) is 14.2 Å². The molecular formula is C25H24NO7P. The van der Waals surface area contributed by atoms with Gasteiger partial charge in [-0.2, -0.15) is 0 Å². The summed E-state index contributed by atoms with van der Waals surface area (Å²) in [5.41, 5.74) is 1.54. The first-order chi connectivity index (χ1) is 16.4. The van der Waals surface area contributed by atoms with Gasteiger partial charge in [0.1, 0.15) is 17.8 Å². The van der Waals surface area contributed by atoms with Crippen LogP contribution in [0.5, 0.6) is 0 Å². The lowest BCUT2D eigenvalue weighted by Gasteiger charge is -2.31. The van der Waals surface area contributed by atoms with E-state index >= 15 is 0 Å². The highest BCUT2D eigenvalue weighted by Gasteiger charge is 2.43. The predicted octanol–water partition coefficient (Wildman–Crippen LogP) is 4.96. The number of nitrogens with one attached hydrogen (secondary N) is 1. The number of allylic oxidation sites excluding steroid dienone is 2. The van der Waals surface area contributed by atoms with Crippen LogP contribution in [-0.2, 0) is 23.1 Å². The van der Waals surface area contributed by atoms with Crippen molar-refractivity contribution in [2.75, 3.05) is 20.8 Å². The molecule has 9 heteroatoms. The number of dihydropyridines is 1. The predicted molar refractivity (Wildman–Crippen MR) is 129 cm³/mol.